The molecule has 1 fully saturated rings. The average molecular weight is 381 g/mol. The van der Waals surface area contributed by atoms with Crippen molar-refractivity contribution in [3.63, 3.8) is 0 Å². The zero-order chi connectivity index (χ0) is 17.8. The van der Waals surface area contributed by atoms with Crippen molar-refractivity contribution in [2.75, 3.05) is 5.32 Å². The number of hydrogen-bond donors (Lipinski definition) is 2. The Bertz CT molecular complexity index is 713. The lowest BCUT2D eigenvalue weighted by molar-refractivity contribution is -0.117. The summed E-state index contributed by atoms with van der Waals surface area (Å²) in [7, 11) is 0. The van der Waals surface area contributed by atoms with Crippen molar-refractivity contribution in [2.24, 2.45) is 11.7 Å². The number of benzene rings is 1. The number of rotatable bonds is 8. The summed E-state index contributed by atoms with van der Waals surface area (Å²) >= 11 is 0. The number of halogens is 1. The van der Waals surface area contributed by atoms with Crippen LogP contribution in [0.4, 0.5) is 5.69 Å². The van der Waals surface area contributed by atoms with Crippen LogP contribution in [0, 0.1) is 5.92 Å². The number of nitrogens with two attached hydrogens (primary N) is 1. The summed E-state index contributed by atoms with van der Waals surface area (Å²) in [5, 5.41) is 6.72. The predicted octanol–water partition coefficient (Wildman–Crippen LogP) is 3.26. The Morgan fingerprint density at radius 1 is 1.35 bits per heavy atom. The van der Waals surface area contributed by atoms with Gasteiger partial charge in [0.2, 0.25) is 17.6 Å². The van der Waals surface area contributed by atoms with Crippen LogP contribution in [-0.4, -0.2) is 22.1 Å². The smallest absolute Gasteiger partial charge is 0.241 e. The van der Waals surface area contributed by atoms with Crippen LogP contribution in [0.15, 0.2) is 28.8 Å². The van der Waals surface area contributed by atoms with Gasteiger partial charge in [-0.1, -0.05) is 19.0 Å². The molecule has 8 heteroatoms. The van der Waals surface area contributed by atoms with Crippen molar-refractivity contribution in [3.8, 4) is 5.75 Å². The van der Waals surface area contributed by atoms with E-state index in [1.807, 2.05) is 13.8 Å². The fraction of sp³-hybridized carbons (Fsp3) is 0.500. The number of aromatic nitrogens is 2. The molecule has 0 unspecified atom stereocenters. The Kier molecular flexibility index (Phi) is 6.99. The van der Waals surface area contributed by atoms with Crippen LogP contribution in [0.25, 0.3) is 0 Å². The second kappa shape index (κ2) is 9.00. The highest BCUT2D eigenvalue weighted by atomic mass is 35.5. The lowest BCUT2D eigenvalue weighted by Gasteiger charge is -2.14. The van der Waals surface area contributed by atoms with Crippen molar-refractivity contribution < 1.29 is 14.1 Å². The molecule has 7 nitrogen and oxygen atoms in total. The van der Waals surface area contributed by atoms with Gasteiger partial charge in [-0.05, 0) is 49.4 Å². The SMILES string of the molecule is CC(C)C[C@H](N)C(=O)Nc1ccc(OCc2noc(C3CC3)n2)cc1.Cl. The van der Waals surface area contributed by atoms with Crippen LogP contribution < -0.4 is 15.8 Å². The number of nitrogens with one attached hydrogen (secondary N) is 1. The molecule has 3 rings (SSSR count). The number of nitrogens with zero attached hydrogens (tertiary/aromatic N) is 2. The monoisotopic (exact) mass is 380 g/mol. The summed E-state index contributed by atoms with van der Waals surface area (Å²) in [4.78, 5) is 16.3. The number of carbonyl (C=O) groups excluding carboxylic acids is 1. The first-order valence-corrected chi connectivity index (χ1v) is 8.63. The molecule has 1 aliphatic carbocycles. The molecule has 1 atom stereocenters. The van der Waals surface area contributed by atoms with Gasteiger partial charge in [0.25, 0.3) is 0 Å². The number of anilines is 1. The molecular formula is C18H25ClN4O3. The summed E-state index contributed by atoms with van der Waals surface area (Å²) in [6, 6.07) is 6.62. The highest BCUT2D eigenvalue weighted by Crippen LogP contribution is 2.38. The summed E-state index contributed by atoms with van der Waals surface area (Å²) in [6.07, 6.45) is 2.90. The van der Waals surface area contributed by atoms with Gasteiger partial charge in [-0.3, -0.25) is 4.79 Å². The Hall–Kier alpha value is -2.12. The molecule has 1 saturated carbocycles. The maximum atomic E-state index is 12.0. The molecule has 0 aliphatic heterocycles. The normalized spacial score (nSPS) is 14.6. The van der Waals surface area contributed by atoms with E-state index in [2.05, 4.69) is 15.5 Å². The third-order valence-electron chi connectivity index (χ3n) is 3.96. The quantitative estimate of drug-likeness (QED) is 0.728. The first-order chi connectivity index (χ1) is 12.0. The van der Waals surface area contributed by atoms with E-state index in [1.54, 1.807) is 24.3 Å². The van der Waals surface area contributed by atoms with E-state index >= 15 is 0 Å². The molecule has 1 aromatic heterocycles. The lowest BCUT2D eigenvalue weighted by Crippen LogP contribution is -2.36. The number of hydrogen-bond acceptors (Lipinski definition) is 6. The van der Waals surface area contributed by atoms with E-state index in [9.17, 15) is 4.79 Å². The summed E-state index contributed by atoms with van der Waals surface area (Å²) in [6.45, 7) is 4.33. The fourth-order valence-electron chi connectivity index (χ4n) is 2.45. The van der Waals surface area contributed by atoms with E-state index < -0.39 is 6.04 Å². The molecule has 0 spiro atoms. The summed E-state index contributed by atoms with van der Waals surface area (Å²) in [5.41, 5.74) is 6.56. The molecule has 3 N–H and O–H groups in total. The number of carbonyl (C=O) groups is 1. The second-order valence-corrected chi connectivity index (χ2v) is 6.86. The minimum atomic E-state index is -0.505. The van der Waals surface area contributed by atoms with Gasteiger partial charge in [0.1, 0.15) is 5.75 Å². The van der Waals surface area contributed by atoms with Gasteiger partial charge in [-0.25, -0.2) is 0 Å². The highest BCUT2D eigenvalue weighted by molar-refractivity contribution is 5.94. The highest BCUT2D eigenvalue weighted by Gasteiger charge is 2.29. The standard InChI is InChI=1S/C18H24N4O3.ClH/c1-11(2)9-15(19)17(23)20-13-5-7-14(8-6-13)24-10-16-21-18(25-22-16)12-3-4-12;/h5-8,11-12,15H,3-4,9-10,19H2,1-2H3,(H,20,23);1H/t15-;/m0./s1. The first kappa shape index (κ1) is 20.2. The Labute approximate surface area is 159 Å². The first-order valence-electron chi connectivity index (χ1n) is 8.63. The van der Waals surface area contributed by atoms with Crippen molar-refractivity contribution >= 4 is 24.0 Å². The zero-order valence-electron chi connectivity index (χ0n) is 15.0. The molecular weight excluding hydrogens is 356 g/mol. The van der Waals surface area contributed by atoms with Crippen LogP contribution in [0.2, 0.25) is 0 Å². The van der Waals surface area contributed by atoms with E-state index in [0.29, 0.717) is 41.4 Å². The minimum Gasteiger partial charge on any atom is -0.485 e. The van der Waals surface area contributed by atoms with E-state index in [1.165, 1.54) is 0 Å². The molecule has 0 bridgehead atoms. The Morgan fingerprint density at radius 2 is 2.04 bits per heavy atom. The third kappa shape index (κ3) is 5.71. The van der Waals surface area contributed by atoms with Gasteiger partial charge in [-0.2, -0.15) is 4.98 Å². The second-order valence-electron chi connectivity index (χ2n) is 6.86. The van der Waals surface area contributed by atoms with Gasteiger partial charge < -0.3 is 20.3 Å². The van der Waals surface area contributed by atoms with Crippen molar-refractivity contribution in [3.05, 3.63) is 36.0 Å². The Balaban J connectivity index is 0.00000243. The van der Waals surface area contributed by atoms with Crippen molar-refractivity contribution in [1.29, 1.82) is 0 Å². The van der Waals surface area contributed by atoms with Crippen LogP contribution in [0.1, 0.15) is 50.7 Å². The topological polar surface area (TPSA) is 103 Å². The molecule has 26 heavy (non-hydrogen) atoms. The average Bonchev–Trinajstić information content (AvgIpc) is 3.32. The van der Waals surface area contributed by atoms with E-state index in [0.717, 1.165) is 12.8 Å². The molecule has 1 aliphatic rings. The van der Waals surface area contributed by atoms with Gasteiger partial charge in [0.15, 0.2) is 6.61 Å². The zero-order valence-corrected chi connectivity index (χ0v) is 15.8. The van der Waals surface area contributed by atoms with Crippen molar-refractivity contribution in [1.82, 2.24) is 10.1 Å². The van der Waals surface area contributed by atoms with E-state index in [4.69, 9.17) is 15.0 Å². The van der Waals surface area contributed by atoms with Crippen molar-refractivity contribution in [2.45, 2.75) is 51.7 Å². The minimum absolute atomic E-state index is 0. The summed E-state index contributed by atoms with van der Waals surface area (Å²) in [5.74, 6) is 2.55. The van der Waals surface area contributed by atoms with Crippen LogP contribution in [0.5, 0.6) is 5.75 Å². The third-order valence-corrected chi connectivity index (χ3v) is 3.96. The largest absolute Gasteiger partial charge is 0.485 e. The van der Waals surface area contributed by atoms with E-state index in [-0.39, 0.29) is 24.9 Å². The maximum Gasteiger partial charge on any atom is 0.241 e. The number of ether oxygens (including phenoxy) is 1. The van der Waals surface area contributed by atoms with Crippen LogP contribution in [-0.2, 0) is 11.4 Å². The van der Waals surface area contributed by atoms with Gasteiger partial charge in [0.05, 0.1) is 6.04 Å². The molecule has 142 valence electrons. The molecule has 1 heterocycles. The Morgan fingerprint density at radius 3 is 2.65 bits per heavy atom. The van der Waals surface area contributed by atoms with Gasteiger partial charge >= 0.3 is 0 Å². The van der Waals surface area contributed by atoms with Gasteiger partial charge in [-0.15, -0.1) is 12.4 Å². The summed E-state index contributed by atoms with van der Waals surface area (Å²) < 4.78 is 10.8. The molecule has 0 saturated heterocycles. The molecule has 0 radical (unpaired) electrons. The predicted molar refractivity (Wildman–Crippen MR) is 100 cm³/mol. The lowest BCUT2D eigenvalue weighted by atomic mass is 10.0. The molecule has 2 aromatic rings. The van der Waals surface area contributed by atoms with Crippen LogP contribution in [0.3, 0.4) is 0 Å². The number of amides is 1. The van der Waals surface area contributed by atoms with Crippen LogP contribution >= 0.6 is 12.4 Å². The fourth-order valence-corrected chi connectivity index (χ4v) is 2.45. The van der Waals surface area contributed by atoms with Gasteiger partial charge in [0, 0.05) is 11.6 Å². The maximum absolute atomic E-state index is 12.0. The molecule has 1 amide bonds. The molecule has 1 aromatic carbocycles.